The van der Waals surface area contributed by atoms with E-state index >= 15 is 0 Å². The number of halogens is 2. The van der Waals surface area contributed by atoms with Crippen LogP contribution in [0, 0.1) is 11.2 Å². The first kappa shape index (κ1) is 15.8. The molecule has 0 bridgehead atoms. The van der Waals surface area contributed by atoms with E-state index in [9.17, 15) is 4.39 Å². The van der Waals surface area contributed by atoms with E-state index in [4.69, 9.17) is 11.6 Å². The first-order valence-corrected chi connectivity index (χ1v) is 8.10. The molecule has 1 aromatic carbocycles. The Bertz CT molecular complexity index is 441. The Morgan fingerprint density at radius 1 is 1.35 bits per heavy atom. The predicted molar refractivity (Wildman–Crippen MR) is 83.8 cm³/mol. The van der Waals surface area contributed by atoms with Gasteiger partial charge in [-0.05, 0) is 55.3 Å². The summed E-state index contributed by atoms with van der Waals surface area (Å²) in [6, 6.07) is 5.18. The molecule has 20 heavy (non-hydrogen) atoms. The molecule has 0 spiro atoms. The number of benzene rings is 1. The van der Waals surface area contributed by atoms with Crippen LogP contribution in [0.25, 0.3) is 0 Å². The number of hydrogen-bond donors (Lipinski definition) is 1. The zero-order valence-electron chi connectivity index (χ0n) is 12.5. The lowest BCUT2D eigenvalue weighted by Crippen LogP contribution is -2.44. The maximum Gasteiger partial charge on any atom is 0.124 e. The second-order valence-electron chi connectivity index (χ2n) is 6.31. The smallest absolute Gasteiger partial charge is 0.124 e. The Morgan fingerprint density at radius 2 is 2.05 bits per heavy atom. The first-order chi connectivity index (χ1) is 9.55. The molecule has 1 nitrogen and oxygen atoms in total. The van der Waals surface area contributed by atoms with Crippen LogP contribution in [-0.2, 0) is 6.42 Å². The van der Waals surface area contributed by atoms with E-state index in [2.05, 4.69) is 19.2 Å². The average molecular weight is 298 g/mol. The van der Waals surface area contributed by atoms with Crippen LogP contribution in [0.1, 0.15) is 51.5 Å². The summed E-state index contributed by atoms with van der Waals surface area (Å²) < 4.78 is 13.2. The van der Waals surface area contributed by atoms with E-state index in [0.29, 0.717) is 16.5 Å². The fraction of sp³-hybridized carbons (Fsp3) is 0.647. The van der Waals surface area contributed by atoms with Gasteiger partial charge in [-0.15, -0.1) is 0 Å². The number of nitrogens with one attached hydrogen (secondary N) is 1. The Labute approximate surface area is 126 Å². The fourth-order valence-corrected chi connectivity index (χ4v) is 3.57. The molecule has 2 rings (SSSR count). The van der Waals surface area contributed by atoms with Gasteiger partial charge in [0.05, 0.1) is 0 Å². The molecule has 1 unspecified atom stereocenters. The number of rotatable bonds is 6. The SMILES string of the molecule is CCCNC(Cc1ccc(F)cc1Cl)C1(C)CCCC1. The highest BCUT2D eigenvalue weighted by atomic mass is 35.5. The Balaban J connectivity index is 2.14. The quantitative estimate of drug-likeness (QED) is 0.781. The monoisotopic (exact) mass is 297 g/mol. The van der Waals surface area contributed by atoms with Gasteiger partial charge in [0.2, 0.25) is 0 Å². The minimum absolute atomic E-state index is 0.260. The van der Waals surface area contributed by atoms with Crippen molar-refractivity contribution < 1.29 is 4.39 Å². The molecular weight excluding hydrogens is 273 g/mol. The normalized spacial score (nSPS) is 19.2. The third-order valence-electron chi connectivity index (χ3n) is 4.67. The van der Waals surface area contributed by atoms with Crippen molar-refractivity contribution in [1.29, 1.82) is 0 Å². The molecule has 1 fully saturated rings. The highest BCUT2D eigenvalue weighted by Gasteiger charge is 2.36. The summed E-state index contributed by atoms with van der Waals surface area (Å²) in [4.78, 5) is 0. The maximum atomic E-state index is 13.2. The predicted octanol–water partition coefficient (Wildman–Crippen LogP) is 4.97. The molecular formula is C17H25ClFN. The molecule has 3 heteroatoms. The van der Waals surface area contributed by atoms with Gasteiger partial charge in [-0.3, -0.25) is 0 Å². The second kappa shape index (κ2) is 6.91. The molecule has 0 heterocycles. The molecule has 1 N–H and O–H groups in total. The van der Waals surface area contributed by atoms with Crippen molar-refractivity contribution in [2.75, 3.05) is 6.54 Å². The molecule has 1 aromatic rings. The molecule has 0 aliphatic heterocycles. The van der Waals surface area contributed by atoms with Crippen LogP contribution in [0.3, 0.4) is 0 Å². The third kappa shape index (κ3) is 3.73. The topological polar surface area (TPSA) is 12.0 Å². The molecule has 112 valence electrons. The summed E-state index contributed by atoms with van der Waals surface area (Å²) in [5.74, 6) is -0.260. The Kier molecular flexibility index (Phi) is 5.45. The van der Waals surface area contributed by atoms with Gasteiger partial charge in [0.15, 0.2) is 0 Å². The summed E-state index contributed by atoms with van der Waals surface area (Å²) in [7, 11) is 0. The maximum absolute atomic E-state index is 13.2. The van der Waals surface area contributed by atoms with Crippen LogP contribution >= 0.6 is 11.6 Å². The molecule has 0 saturated heterocycles. The summed E-state index contributed by atoms with van der Waals surface area (Å²) in [6.07, 6.45) is 7.19. The Morgan fingerprint density at radius 3 is 2.65 bits per heavy atom. The van der Waals surface area contributed by atoms with Crippen LogP contribution in [0.15, 0.2) is 18.2 Å². The minimum Gasteiger partial charge on any atom is -0.313 e. The molecule has 0 amide bonds. The summed E-state index contributed by atoms with van der Waals surface area (Å²) >= 11 is 6.19. The van der Waals surface area contributed by atoms with E-state index in [-0.39, 0.29) is 5.82 Å². The molecule has 1 aliphatic carbocycles. The van der Waals surface area contributed by atoms with Crippen LogP contribution in [0.2, 0.25) is 5.02 Å². The van der Waals surface area contributed by atoms with E-state index in [0.717, 1.165) is 24.9 Å². The van der Waals surface area contributed by atoms with Crippen molar-refractivity contribution in [3.8, 4) is 0 Å². The minimum atomic E-state index is -0.260. The van der Waals surface area contributed by atoms with E-state index in [1.54, 1.807) is 0 Å². The van der Waals surface area contributed by atoms with Crippen LogP contribution in [0.5, 0.6) is 0 Å². The highest BCUT2D eigenvalue weighted by Crippen LogP contribution is 2.42. The van der Waals surface area contributed by atoms with Crippen LogP contribution < -0.4 is 5.32 Å². The fourth-order valence-electron chi connectivity index (χ4n) is 3.32. The summed E-state index contributed by atoms with van der Waals surface area (Å²) in [5, 5.41) is 4.24. The van der Waals surface area contributed by atoms with Crippen LogP contribution in [-0.4, -0.2) is 12.6 Å². The van der Waals surface area contributed by atoms with Gasteiger partial charge in [-0.1, -0.05) is 44.4 Å². The Hall–Kier alpha value is -0.600. The van der Waals surface area contributed by atoms with Crippen molar-refractivity contribution in [2.24, 2.45) is 5.41 Å². The van der Waals surface area contributed by atoms with Crippen molar-refractivity contribution in [3.63, 3.8) is 0 Å². The molecule has 0 aromatic heterocycles. The third-order valence-corrected chi connectivity index (χ3v) is 5.02. The van der Waals surface area contributed by atoms with Gasteiger partial charge < -0.3 is 5.32 Å². The van der Waals surface area contributed by atoms with Gasteiger partial charge >= 0.3 is 0 Å². The highest BCUT2D eigenvalue weighted by molar-refractivity contribution is 6.31. The van der Waals surface area contributed by atoms with Crippen molar-refractivity contribution in [2.45, 2.75) is 58.4 Å². The second-order valence-corrected chi connectivity index (χ2v) is 6.71. The van der Waals surface area contributed by atoms with Crippen molar-refractivity contribution in [3.05, 3.63) is 34.6 Å². The molecule has 1 aliphatic rings. The lowest BCUT2D eigenvalue weighted by molar-refractivity contribution is 0.219. The summed E-state index contributed by atoms with van der Waals surface area (Å²) in [5.41, 5.74) is 1.39. The standard InChI is InChI=1S/C17H25ClFN/c1-3-10-20-16(17(2)8-4-5-9-17)11-13-6-7-14(19)12-15(13)18/h6-7,12,16,20H,3-5,8-11H2,1-2H3. The lowest BCUT2D eigenvalue weighted by atomic mass is 9.77. The molecule has 0 radical (unpaired) electrons. The van der Waals surface area contributed by atoms with Gasteiger partial charge in [0.1, 0.15) is 5.82 Å². The lowest BCUT2D eigenvalue weighted by Gasteiger charge is -2.35. The number of hydrogen-bond acceptors (Lipinski definition) is 1. The largest absolute Gasteiger partial charge is 0.313 e. The van der Waals surface area contributed by atoms with Crippen molar-refractivity contribution in [1.82, 2.24) is 5.32 Å². The first-order valence-electron chi connectivity index (χ1n) is 7.72. The summed E-state index contributed by atoms with van der Waals surface area (Å²) in [6.45, 7) is 5.59. The van der Waals surface area contributed by atoms with Gasteiger partial charge in [-0.25, -0.2) is 4.39 Å². The molecule has 1 atom stereocenters. The van der Waals surface area contributed by atoms with Gasteiger partial charge in [-0.2, -0.15) is 0 Å². The van der Waals surface area contributed by atoms with Crippen LogP contribution in [0.4, 0.5) is 4.39 Å². The zero-order valence-corrected chi connectivity index (χ0v) is 13.3. The average Bonchev–Trinajstić information content (AvgIpc) is 2.84. The van der Waals surface area contributed by atoms with Crippen molar-refractivity contribution >= 4 is 11.6 Å². The van der Waals surface area contributed by atoms with E-state index in [1.807, 2.05) is 6.07 Å². The van der Waals surface area contributed by atoms with E-state index in [1.165, 1.54) is 37.8 Å². The zero-order chi connectivity index (χ0) is 14.6. The molecule has 1 saturated carbocycles. The van der Waals surface area contributed by atoms with Gasteiger partial charge in [0, 0.05) is 11.1 Å². The van der Waals surface area contributed by atoms with Gasteiger partial charge in [0.25, 0.3) is 0 Å². The van der Waals surface area contributed by atoms with E-state index < -0.39 is 0 Å².